The number of hydrogen-bond acceptors (Lipinski definition) is 5. The van der Waals surface area contributed by atoms with E-state index in [9.17, 15) is 9.59 Å². The fourth-order valence-electron chi connectivity index (χ4n) is 3.46. The van der Waals surface area contributed by atoms with E-state index in [1.807, 2.05) is 61.5 Å². The van der Waals surface area contributed by atoms with Crippen molar-refractivity contribution in [2.45, 2.75) is 13.5 Å². The van der Waals surface area contributed by atoms with Gasteiger partial charge in [-0.1, -0.05) is 66.2 Å². The number of aromatic nitrogens is 4. The second-order valence-corrected chi connectivity index (χ2v) is 7.99. The molecular formula is C24H23ClN6O2. The molecule has 0 saturated carbocycles. The number of halogens is 1. The first-order valence-electron chi connectivity index (χ1n) is 10.3. The molecule has 0 bridgehead atoms. The molecule has 2 heterocycles. The Kier molecular flexibility index (Phi) is 6.28. The zero-order chi connectivity index (χ0) is 23.5. The van der Waals surface area contributed by atoms with Crippen LogP contribution in [0.15, 0.2) is 75.4 Å². The van der Waals surface area contributed by atoms with Gasteiger partial charge >= 0.3 is 5.69 Å². The van der Waals surface area contributed by atoms with E-state index < -0.39 is 11.2 Å². The van der Waals surface area contributed by atoms with Crippen LogP contribution in [0.2, 0.25) is 5.02 Å². The number of aryl methyl sites for hydroxylation is 1. The predicted octanol–water partition coefficient (Wildman–Crippen LogP) is 3.64. The van der Waals surface area contributed by atoms with E-state index in [0.717, 1.165) is 15.7 Å². The van der Waals surface area contributed by atoms with Crippen LogP contribution in [0.25, 0.3) is 17.2 Å². The third-order valence-electron chi connectivity index (χ3n) is 5.33. The van der Waals surface area contributed by atoms with Crippen molar-refractivity contribution in [2.75, 3.05) is 5.43 Å². The lowest BCUT2D eigenvalue weighted by atomic mass is 10.1. The van der Waals surface area contributed by atoms with Gasteiger partial charge in [0.2, 0.25) is 5.95 Å². The molecule has 0 fully saturated rings. The van der Waals surface area contributed by atoms with E-state index in [4.69, 9.17) is 11.6 Å². The van der Waals surface area contributed by atoms with Crippen molar-refractivity contribution in [2.24, 2.45) is 19.2 Å². The molecule has 4 rings (SSSR count). The Balaban J connectivity index is 1.77. The smallest absolute Gasteiger partial charge is 0.299 e. The quantitative estimate of drug-likeness (QED) is 0.350. The molecule has 1 N–H and O–H groups in total. The van der Waals surface area contributed by atoms with Crippen LogP contribution in [0.3, 0.4) is 0 Å². The average Bonchev–Trinajstić information content (AvgIpc) is 3.19. The van der Waals surface area contributed by atoms with Gasteiger partial charge in [0.25, 0.3) is 5.56 Å². The lowest BCUT2D eigenvalue weighted by molar-refractivity contribution is 0.703. The monoisotopic (exact) mass is 462 g/mol. The minimum atomic E-state index is -0.440. The van der Waals surface area contributed by atoms with E-state index in [0.29, 0.717) is 28.7 Å². The Bertz CT molecular complexity index is 1480. The number of hydrazone groups is 1. The van der Waals surface area contributed by atoms with E-state index in [-0.39, 0.29) is 5.65 Å². The molecule has 0 saturated heterocycles. The maximum absolute atomic E-state index is 12.9. The molecule has 33 heavy (non-hydrogen) atoms. The van der Waals surface area contributed by atoms with Crippen molar-refractivity contribution in [3.8, 4) is 0 Å². The number of benzene rings is 2. The third-order valence-corrected chi connectivity index (χ3v) is 5.58. The summed E-state index contributed by atoms with van der Waals surface area (Å²) in [7, 11) is 3.05. The van der Waals surface area contributed by atoms with Crippen LogP contribution < -0.4 is 16.7 Å². The second-order valence-electron chi connectivity index (χ2n) is 7.55. The largest absolute Gasteiger partial charge is 0.332 e. The number of nitrogens with zero attached hydrogens (tertiary/aromatic N) is 5. The lowest BCUT2D eigenvalue weighted by Crippen LogP contribution is -2.37. The Morgan fingerprint density at radius 1 is 1.06 bits per heavy atom. The summed E-state index contributed by atoms with van der Waals surface area (Å²) in [4.78, 5) is 29.9. The number of imidazole rings is 1. The molecule has 4 aromatic rings. The molecule has 2 aromatic heterocycles. The van der Waals surface area contributed by atoms with Crippen molar-refractivity contribution in [3.05, 3.63) is 97.7 Å². The molecule has 9 heteroatoms. The van der Waals surface area contributed by atoms with Gasteiger partial charge in [0.1, 0.15) is 0 Å². The van der Waals surface area contributed by atoms with Gasteiger partial charge in [0.15, 0.2) is 11.2 Å². The van der Waals surface area contributed by atoms with Crippen LogP contribution in [0.1, 0.15) is 18.1 Å². The number of fused-ring (bicyclic) bond motifs is 1. The maximum atomic E-state index is 12.9. The first-order chi connectivity index (χ1) is 15.9. The highest BCUT2D eigenvalue weighted by molar-refractivity contribution is 6.30. The zero-order valence-electron chi connectivity index (χ0n) is 18.5. The summed E-state index contributed by atoms with van der Waals surface area (Å²) in [5.74, 6) is 0.356. The summed E-state index contributed by atoms with van der Waals surface area (Å²) in [5.41, 5.74) is 5.36. The molecular weight excluding hydrogens is 440 g/mol. The fourth-order valence-corrected chi connectivity index (χ4v) is 3.58. The summed E-state index contributed by atoms with van der Waals surface area (Å²) in [6.45, 7) is 2.21. The highest BCUT2D eigenvalue weighted by atomic mass is 35.5. The van der Waals surface area contributed by atoms with Gasteiger partial charge in [-0.2, -0.15) is 10.1 Å². The summed E-state index contributed by atoms with van der Waals surface area (Å²) >= 11 is 5.97. The van der Waals surface area contributed by atoms with Gasteiger partial charge in [-0.3, -0.25) is 18.5 Å². The van der Waals surface area contributed by atoms with E-state index in [1.54, 1.807) is 23.7 Å². The summed E-state index contributed by atoms with van der Waals surface area (Å²) in [6, 6.07) is 17.2. The molecule has 8 nitrogen and oxygen atoms in total. The fraction of sp³-hybridized carbons (Fsp3) is 0.167. The molecule has 0 radical (unpaired) electrons. The van der Waals surface area contributed by atoms with Crippen LogP contribution in [-0.4, -0.2) is 24.4 Å². The number of anilines is 1. The second kappa shape index (κ2) is 9.30. The van der Waals surface area contributed by atoms with Crippen LogP contribution in [-0.2, 0) is 20.6 Å². The number of nitrogens with one attached hydrogen (secondary N) is 1. The summed E-state index contributed by atoms with van der Waals surface area (Å²) in [5, 5.41) is 5.08. The number of allylic oxidation sites excluding steroid dienone is 1. The minimum absolute atomic E-state index is 0.290. The Labute approximate surface area is 195 Å². The normalized spacial score (nSPS) is 12.1. The predicted molar refractivity (Wildman–Crippen MR) is 133 cm³/mol. The standard InChI is InChI=1S/C24H23ClN6O2/c1-16(18-11-13-19(25)14-12-18)27-28-23-26-21-20(22(32)30(3)24(33)29(21)2)31(23)15-7-10-17-8-5-4-6-9-17/h4-14H,15H2,1-3H3,(H,26,28)/b10-7-,27-16+. The lowest BCUT2D eigenvalue weighted by Gasteiger charge is -2.07. The van der Waals surface area contributed by atoms with Crippen molar-refractivity contribution in [1.29, 1.82) is 0 Å². The molecule has 0 aliphatic carbocycles. The molecule has 0 spiro atoms. The van der Waals surface area contributed by atoms with Crippen molar-refractivity contribution in [1.82, 2.24) is 18.7 Å². The van der Waals surface area contributed by atoms with E-state index in [1.165, 1.54) is 11.6 Å². The summed E-state index contributed by atoms with van der Waals surface area (Å²) in [6.07, 6.45) is 3.90. The van der Waals surface area contributed by atoms with E-state index >= 15 is 0 Å². The third kappa shape index (κ3) is 4.51. The number of hydrogen-bond donors (Lipinski definition) is 1. The van der Waals surface area contributed by atoms with Crippen LogP contribution >= 0.6 is 11.6 Å². The molecule has 2 aromatic carbocycles. The highest BCUT2D eigenvalue weighted by Crippen LogP contribution is 2.17. The van der Waals surface area contributed by atoms with Gasteiger partial charge in [-0.15, -0.1) is 0 Å². The van der Waals surface area contributed by atoms with Crippen molar-refractivity contribution >= 4 is 40.5 Å². The average molecular weight is 463 g/mol. The molecule has 0 amide bonds. The molecule has 0 aliphatic rings. The van der Waals surface area contributed by atoms with Gasteiger partial charge < -0.3 is 0 Å². The molecule has 0 aliphatic heterocycles. The van der Waals surface area contributed by atoms with Crippen LogP contribution in [0.5, 0.6) is 0 Å². The first kappa shape index (κ1) is 22.3. The first-order valence-corrected chi connectivity index (χ1v) is 10.7. The van der Waals surface area contributed by atoms with Gasteiger partial charge in [-0.25, -0.2) is 10.2 Å². The molecule has 0 unspecified atom stereocenters. The topological polar surface area (TPSA) is 86.2 Å². The Morgan fingerprint density at radius 3 is 2.45 bits per heavy atom. The minimum Gasteiger partial charge on any atom is -0.299 e. The van der Waals surface area contributed by atoms with Gasteiger partial charge in [-0.05, 0) is 30.2 Å². The van der Waals surface area contributed by atoms with E-state index in [2.05, 4.69) is 15.5 Å². The molecule has 168 valence electrons. The zero-order valence-corrected chi connectivity index (χ0v) is 19.2. The van der Waals surface area contributed by atoms with Crippen molar-refractivity contribution in [3.63, 3.8) is 0 Å². The van der Waals surface area contributed by atoms with Crippen LogP contribution in [0, 0.1) is 0 Å². The SMILES string of the molecule is C/C(=N\Nc1nc2c(c(=O)n(C)c(=O)n2C)n1C/C=C\c1ccccc1)c1ccc(Cl)cc1. The Morgan fingerprint density at radius 2 is 1.76 bits per heavy atom. The maximum Gasteiger partial charge on any atom is 0.332 e. The van der Waals surface area contributed by atoms with Crippen molar-refractivity contribution < 1.29 is 0 Å². The summed E-state index contributed by atoms with van der Waals surface area (Å²) < 4.78 is 4.15. The molecule has 0 atom stereocenters. The van der Waals surface area contributed by atoms with Crippen LogP contribution in [0.4, 0.5) is 5.95 Å². The van der Waals surface area contributed by atoms with Gasteiger partial charge in [0, 0.05) is 25.7 Å². The number of rotatable bonds is 6. The highest BCUT2D eigenvalue weighted by Gasteiger charge is 2.18. The van der Waals surface area contributed by atoms with Gasteiger partial charge in [0.05, 0.1) is 5.71 Å². The Hall–Kier alpha value is -3.91.